The number of oxazole rings is 1. The molecule has 1 heterocycles. The number of halogens is 1. The molecule has 5 nitrogen and oxygen atoms in total. The van der Waals surface area contributed by atoms with E-state index in [1.54, 1.807) is 12.3 Å². The van der Waals surface area contributed by atoms with E-state index in [0.29, 0.717) is 36.1 Å². The lowest BCUT2D eigenvalue weighted by Gasteiger charge is -2.03. The van der Waals surface area contributed by atoms with Gasteiger partial charge in [0.05, 0.1) is 11.2 Å². The third kappa shape index (κ3) is 4.58. The summed E-state index contributed by atoms with van der Waals surface area (Å²) < 4.78 is 5.64. The summed E-state index contributed by atoms with van der Waals surface area (Å²) in [4.78, 5) is 15.8. The molecule has 0 fully saturated rings. The SMILES string of the molecule is CNCCNC(=O)CCc1ncc(-c2ccccc2Cl)o1. The Morgan fingerprint density at radius 1 is 1.33 bits per heavy atom. The van der Waals surface area contributed by atoms with Crippen LogP contribution in [0.3, 0.4) is 0 Å². The zero-order chi connectivity index (χ0) is 15.1. The lowest BCUT2D eigenvalue weighted by atomic mass is 10.2. The molecule has 2 rings (SSSR count). The second-order valence-corrected chi connectivity index (χ2v) is 4.96. The Hall–Kier alpha value is -1.85. The van der Waals surface area contributed by atoms with Crippen molar-refractivity contribution in [2.24, 2.45) is 0 Å². The average Bonchev–Trinajstić information content (AvgIpc) is 2.94. The largest absolute Gasteiger partial charge is 0.441 e. The predicted molar refractivity (Wildman–Crippen MR) is 82.2 cm³/mol. The second-order valence-electron chi connectivity index (χ2n) is 4.55. The molecule has 0 aliphatic carbocycles. The van der Waals surface area contributed by atoms with E-state index in [1.165, 1.54) is 0 Å². The minimum absolute atomic E-state index is 0.0113. The van der Waals surface area contributed by atoms with Crippen LogP contribution in [0, 0.1) is 0 Å². The molecule has 2 N–H and O–H groups in total. The van der Waals surface area contributed by atoms with Crippen LogP contribution < -0.4 is 10.6 Å². The number of amides is 1. The van der Waals surface area contributed by atoms with Gasteiger partial charge in [0.2, 0.25) is 5.91 Å². The topological polar surface area (TPSA) is 67.2 Å². The van der Waals surface area contributed by atoms with E-state index in [2.05, 4.69) is 15.6 Å². The Kier molecular flexibility index (Phi) is 5.78. The number of hydrogen-bond acceptors (Lipinski definition) is 4. The Bertz CT molecular complexity index is 598. The molecule has 0 bridgehead atoms. The molecule has 21 heavy (non-hydrogen) atoms. The molecule has 1 amide bonds. The van der Waals surface area contributed by atoms with E-state index < -0.39 is 0 Å². The van der Waals surface area contributed by atoms with Crippen LogP contribution in [0.15, 0.2) is 34.9 Å². The van der Waals surface area contributed by atoms with E-state index in [-0.39, 0.29) is 5.91 Å². The van der Waals surface area contributed by atoms with Gasteiger partial charge in [-0.2, -0.15) is 0 Å². The second kappa shape index (κ2) is 7.81. The van der Waals surface area contributed by atoms with E-state index in [0.717, 1.165) is 12.1 Å². The number of likely N-dealkylation sites (N-methyl/N-ethyl adjacent to an activating group) is 1. The molecule has 1 aromatic heterocycles. The number of aryl methyl sites for hydroxylation is 1. The molecule has 0 saturated carbocycles. The highest BCUT2D eigenvalue weighted by Crippen LogP contribution is 2.28. The van der Waals surface area contributed by atoms with E-state index in [9.17, 15) is 4.79 Å². The summed E-state index contributed by atoms with van der Waals surface area (Å²) in [6.07, 6.45) is 2.46. The third-order valence-corrected chi connectivity index (χ3v) is 3.29. The zero-order valence-electron chi connectivity index (χ0n) is 11.9. The van der Waals surface area contributed by atoms with Gasteiger partial charge in [-0.1, -0.05) is 23.7 Å². The number of carbonyl (C=O) groups is 1. The molecule has 0 saturated heterocycles. The highest BCUT2D eigenvalue weighted by molar-refractivity contribution is 6.33. The van der Waals surface area contributed by atoms with Crippen LogP contribution in [0.4, 0.5) is 0 Å². The van der Waals surface area contributed by atoms with E-state index in [1.807, 2.05) is 25.2 Å². The van der Waals surface area contributed by atoms with Crippen molar-refractivity contribution < 1.29 is 9.21 Å². The summed E-state index contributed by atoms with van der Waals surface area (Å²) in [5.74, 6) is 1.14. The number of hydrogen-bond donors (Lipinski definition) is 2. The minimum Gasteiger partial charge on any atom is -0.441 e. The fourth-order valence-electron chi connectivity index (χ4n) is 1.85. The molecular weight excluding hydrogens is 290 g/mol. The Labute approximate surface area is 128 Å². The maximum Gasteiger partial charge on any atom is 0.220 e. The molecule has 0 unspecified atom stereocenters. The molecule has 0 spiro atoms. The van der Waals surface area contributed by atoms with Gasteiger partial charge in [-0.3, -0.25) is 4.79 Å². The molecule has 1 aromatic carbocycles. The van der Waals surface area contributed by atoms with Crippen LogP contribution in [0.1, 0.15) is 12.3 Å². The van der Waals surface area contributed by atoms with Gasteiger partial charge < -0.3 is 15.1 Å². The first-order chi connectivity index (χ1) is 10.2. The fourth-order valence-corrected chi connectivity index (χ4v) is 2.08. The summed E-state index contributed by atoms with van der Waals surface area (Å²) in [5, 5.41) is 6.39. The highest BCUT2D eigenvalue weighted by atomic mass is 35.5. The Morgan fingerprint density at radius 2 is 2.14 bits per heavy atom. The first-order valence-electron chi connectivity index (χ1n) is 6.81. The average molecular weight is 308 g/mol. The van der Waals surface area contributed by atoms with Gasteiger partial charge in [0, 0.05) is 31.5 Å². The highest BCUT2D eigenvalue weighted by Gasteiger charge is 2.10. The summed E-state index contributed by atoms with van der Waals surface area (Å²) >= 11 is 6.11. The van der Waals surface area contributed by atoms with E-state index >= 15 is 0 Å². The quantitative estimate of drug-likeness (QED) is 0.770. The standard InChI is InChI=1S/C15H18ClN3O2/c1-17-8-9-18-14(20)6-7-15-19-10-13(21-15)11-4-2-3-5-12(11)16/h2-5,10,17H,6-9H2,1H3,(H,18,20). The normalized spacial score (nSPS) is 10.6. The van der Waals surface area contributed by atoms with Crippen molar-refractivity contribution in [2.75, 3.05) is 20.1 Å². The van der Waals surface area contributed by atoms with Crippen LogP contribution in [0.5, 0.6) is 0 Å². The van der Waals surface area contributed by atoms with Crippen LogP contribution >= 0.6 is 11.6 Å². The van der Waals surface area contributed by atoms with Gasteiger partial charge in [-0.25, -0.2) is 4.98 Å². The molecule has 0 atom stereocenters. The minimum atomic E-state index is -0.0113. The van der Waals surface area contributed by atoms with Crippen LogP contribution in [-0.4, -0.2) is 31.0 Å². The molecule has 2 aromatic rings. The smallest absolute Gasteiger partial charge is 0.220 e. The molecule has 0 radical (unpaired) electrons. The number of nitrogens with zero attached hydrogens (tertiary/aromatic N) is 1. The molecule has 6 heteroatoms. The van der Waals surface area contributed by atoms with Crippen LogP contribution in [0.2, 0.25) is 5.02 Å². The lowest BCUT2D eigenvalue weighted by Crippen LogP contribution is -2.30. The Morgan fingerprint density at radius 3 is 2.90 bits per heavy atom. The van der Waals surface area contributed by atoms with Gasteiger partial charge in [-0.05, 0) is 19.2 Å². The summed E-state index contributed by atoms with van der Waals surface area (Å²) in [6.45, 7) is 1.37. The first-order valence-corrected chi connectivity index (χ1v) is 7.19. The summed E-state index contributed by atoms with van der Waals surface area (Å²) in [5.41, 5.74) is 0.802. The fraction of sp³-hybridized carbons (Fsp3) is 0.333. The number of nitrogens with one attached hydrogen (secondary N) is 2. The van der Waals surface area contributed by atoms with Crippen LogP contribution in [-0.2, 0) is 11.2 Å². The maximum absolute atomic E-state index is 11.6. The number of rotatable bonds is 7. The van der Waals surface area contributed by atoms with Gasteiger partial charge in [0.15, 0.2) is 11.7 Å². The lowest BCUT2D eigenvalue weighted by molar-refractivity contribution is -0.121. The van der Waals surface area contributed by atoms with Gasteiger partial charge in [-0.15, -0.1) is 0 Å². The molecule has 0 aliphatic rings. The number of benzene rings is 1. The maximum atomic E-state index is 11.6. The van der Waals surface area contributed by atoms with Crippen molar-refractivity contribution in [1.29, 1.82) is 0 Å². The van der Waals surface area contributed by atoms with Crippen molar-refractivity contribution in [3.63, 3.8) is 0 Å². The van der Waals surface area contributed by atoms with Crippen molar-refractivity contribution in [3.05, 3.63) is 41.4 Å². The molecule has 112 valence electrons. The van der Waals surface area contributed by atoms with E-state index in [4.69, 9.17) is 16.0 Å². The third-order valence-electron chi connectivity index (χ3n) is 2.96. The number of carbonyl (C=O) groups excluding carboxylic acids is 1. The van der Waals surface area contributed by atoms with Gasteiger partial charge >= 0.3 is 0 Å². The Balaban J connectivity index is 1.89. The van der Waals surface area contributed by atoms with Crippen LogP contribution in [0.25, 0.3) is 11.3 Å². The summed E-state index contributed by atoms with van der Waals surface area (Å²) in [7, 11) is 1.84. The van der Waals surface area contributed by atoms with Gasteiger partial charge in [0.1, 0.15) is 0 Å². The van der Waals surface area contributed by atoms with Crippen molar-refractivity contribution in [1.82, 2.24) is 15.6 Å². The molecular formula is C15H18ClN3O2. The zero-order valence-corrected chi connectivity index (χ0v) is 12.6. The van der Waals surface area contributed by atoms with Gasteiger partial charge in [0.25, 0.3) is 0 Å². The molecule has 0 aliphatic heterocycles. The monoisotopic (exact) mass is 307 g/mol. The first kappa shape index (κ1) is 15.5. The van der Waals surface area contributed by atoms with Crippen molar-refractivity contribution in [2.45, 2.75) is 12.8 Å². The van der Waals surface area contributed by atoms with Crippen molar-refractivity contribution >= 4 is 17.5 Å². The summed E-state index contributed by atoms with van der Waals surface area (Å²) in [6, 6.07) is 7.42. The predicted octanol–water partition coefficient (Wildman–Crippen LogP) is 2.26. The van der Waals surface area contributed by atoms with Crippen molar-refractivity contribution in [3.8, 4) is 11.3 Å². The number of aromatic nitrogens is 1.